The maximum absolute atomic E-state index is 3.68. The van der Waals surface area contributed by atoms with Crippen LogP contribution in [0.2, 0.25) is 0 Å². The molecule has 0 bridgehead atoms. The Hall–Kier alpha value is 0.501. The minimum atomic E-state index is -0.306. The Morgan fingerprint density at radius 1 is 0.958 bits per heavy atom. The van der Waals surface area contributed by atoms with Gasteiger partial charge in [0.05, 0.1) is 9.52 Å². The Morgan fingerprint density at radius 2 is 1.54 bits per heavy atom. The molecule has 0 nitrogen and oxygen atoms in total. The normalized spacial score (nSPS) is 12.9. The van der Waals surface area contributed by atoms with Gasteiger partial charge in [-0.25, -0.2) is 11.1 Å². The summed E-state index contributed by atoms with van der Waals surface area (Å²) in [7, 11) is -0.306. The van der Waals surface area contributed by atoms with Gasteiger partial charge in [0.15, 0.2) is 0 Å². The summed E-state index contributed by atoms with van der Waals surface area (Å²) in [6, 6.07) is 7.01. The van der Waals surface area contributed by atoms with Crippen LogP contribution in [0.5, 0.6) is 0 Å². The number of hydrogen-bond donors (Lipinski definition) is 0. The quantitative estimate of drug-likeness (QED) is 0.238. The molecule has 132 valence electrons. The van der Waals surface area contributed by atoms with Crippen molar-refractivity contribution in [3.05, 3.63) is 51.7 Å². The molecule has 0 N–H and O–H groups in total. The number of hydrogen-bond acceptors (Lipinski definition) is 0. The molecule has 0 heterocycles. The van der Waals surface area contributed by atoms with Gasteiger partial charge in [0.1, 0.15) is 0 Å². The van der Waals surface area contributed by atoms with E-state index in [9.17, 15) is 0 Å². The number of halogens is 3. The van der Waals surface area contributed by atoms with Gasteiger partial charge in [-0.3, -0.25) is 6.08 Å². The summed E-state index contributed by atoms with van der Waals surface area (Å²) in [6.07, 6.45) is 10.2. The Morgan fingerprint density at radius 3 is 2.08 bits per heavy atom. The van der Waals surface area contributed by atoms with Crippen LogP contribution < -0.4 is 42.4 Å². The van der Waals surface area contributed by atoms with Crippen LogP contribution in [0, 0.1) is 19.9 Å². The van der Waals surface area contributed by atoms with E-state index in [0.29, 0.717) is 0 Å². The van der Waals surface area contributed by atoms with Gasteiger partial charge >= 0.3 is 21.7 Å². The van der Waals surface area contributed by atoms with Crippen LogP contribution in [0.15, 0.2) is 34.5 Å². The number of unbranched alkanes of at least 4 members (excludes halogenated alkanes) is 2. The summed E-state index contributed by atoms with van der Waals surface area (Å²) in [6.45, 7) is 8.94. The van der Waals surface area contributed by atoms with Crippen LogP contribution in [0.25, 0.3) is 0 Å². The van der Waals surface area contributed by atoms with Crippen LogP contribution in [-0.4, -0.2) is 9.52 Å². The summed E-state index contributed by atoms with van der Waals surface area (Å²) in [5, 5.41) is 3.19. The number of benzene rings is 1. The zero-order valence-electron chi connectivity index (χ0n) is 15.1. The average Bonchev–Trinajstić information content (AvgIpc) is 2.68. The van der Waals surface area contributed by atoms with Gasteiger partial charge in [-0.2, -0.15) is 5.20 Å². The average molecular weight is 438 g/mol. The molecule has 0 amide bonds. The molecule has 0 fully saturated rings. The fraction of sp³-hybridized carbons (Fsp3) is 0.474. The molecule has 0 saturated carbocycles. The first-order valence-electron chi connectivity index (χ1n) is 7.96. The van der Waals surface area contributed by atoms with Crippen LogP contribution >= 0.6 is 0 Å². The van der Waals surface area contributed by atoms with Crippen molar-refractivity contribution in [2.75, 3.05) is 0 Å². The maximum Gasteiger partial charge on any atom is 4.00 e. The molecule has 0 saturated heterocycles. The molecular formula is C19H27Cl3SiTi. The van der Waals surface area contributed by atoms with Crippen LogP contribution in [0.1, 0.15) is 57.1 Å². The van der Waals surface area contributed by atoms with Gasteiger partial charge in [-0.15, -0.1) is 0 Å². The molecule has 1 aliphatic rings. The molecular weight excluding hydrogens is 411 g/mol. The second-order valence-corrected chi connectivity index (χ2v) is 8.29. The number of aryl methyl sites for hydroxylation is 2. The molecule has 1 aliphatic carbocycles. The van der Waals surface area contributed by atoms with Crippen molar-refractivity contribution in [1.29, 1.82) is 0 Å². The zero-order valence-corrected chi connectivity index (χ0v) is 20.4. The van der Waals surface area contributed by atoms with Crippen molar-refractivity contribution >= 4 is 14.7 Å². The first-order valence-corrected chi connectivity index (χ1v) is 9.37. The standard InChI is InChI=1S/C19H27Si.3ClH.Ti/c1-5-6-7-8-17-13-19(12-16(17)4)20-18-10-14(2)9-15(3)11-18;;;;/h9-11H,5-8,13,20H2,1-4H3;3*1H;/q-1;;;;+4/p-3. The summed E-state index contributed by atoms with van der Waals surface area (Å²) < 4.78 is 0. The molecule has 0 atom stereocenters. The Bertz CT molecular complexity index is 533. The molecule has 24 heavy (non-hydrogen) atoms. The van der Waals surface area contributed by atoms with Crippen molar-refractivity contribution < 1.29 is 58.9 Å². The van der Waals surface area contributed by atoms with E-state index in [2.05, 4.69) is 52.0 Å². The van der Waals surface area contributed by atoms with E-state index in [4.69, 9.17) is 0 Å². The van der Waals surface area contributed by atoms with Crippen molar-refractivity contribution in [3.63, 3.8) is 0 Å². The first-order chi connectivity index (χ1) is 9.58. The van der Waals surface area contributed by atoms with E-state index in [1.54, 1.807) is 16.0 Å². The third kappa shape index (κ3) is 9.27. The summed E-state index contributed by atoms with van der Waals surface area (Å²) in [5.41, 5.74) is 5.90. The Labute approximate surface area is 184 Å². The van der Waals surface area contributed by atoms with Gasteiger partial charge in [-0.05, 0) is 13.8 Å². The molecule has 0 radical (unpaired) electrons. The van der Waals surface area contributed by atoms with Gasteiger partial charge in [0.2, 0.25) is 0 Å². The van der Waals surface area contributed by atoms with Gasteiger partial charge in [-0.1, -0.05) is 80.5 Å². The molecule has 0 unspecified atom stereocenters. The predicted molar refractivity (Wildman–Crippen MR) is 92.3 cm³/mol. The third-order valence-electron chi connectivity index (χ3n) is 4.10. The predicted octanol–water partition coefficient (Wildman–Crippen LogP) is -4.91. The number of rotatable bonds is 6. The van der Waals surface area contributed by atoms with Crippen molar-refractivity contribution in [2.24, 2.45) is 0 Å². The molecule has 1 aromatic carbocycles. The molecule has 2 rings (SSSR count). The largest absolute Gasteiger partial charge is 4.00 e. The molecule has 5 heteroatoms. The van der Waals surface area contributed by atoms with E-state index < -0.39 is 0 Å². The second kappa shape index (κ2) is 14.6. The zero-order chi connectivity index (χ0) is 14.5. The molecule has 0 aromatic heterocycles. The Kier molecular flexibility index (Phi) is 17.9. The summed E-state index contributed by atoms with van der Waals surface area (Å²) in [4.78, 5) is 0. The van der Waals surface area contributed by atoms with Crippen LogP contribution in [0.3, 0.4) is 0 Å². The second-order valence-electron chi connectivity index (χ2n) is 6.26. The van der Waals surface area contributed by atoms with E-state index in [1.807, 2.05) is 0 Å². The van der Waals surface area contributed by atoms with Crippen molar-refractivity contribution in [2.45, 2.75) is 59.8 Å². The monoisotopic (exact) mass is 436 g/mol. The first kappa shape index (κ1) is 29.3. The smallest absolute Gasteiger partial charge is 1.00 e. The minimum absolute atomic E-state index is 0. The van der Waals surface area contributed by atoms with Crippen LogP contribution in [0.4, 0.5) is 0 Å². The molecule has 0 spiro atoms. The fourth-order valence-electron chi connectivity index (χ4n) is 3.18. The summed E-state index contributed by atoms with van der Waals surface area (Å²) >= 11 is 0. The third-order valence-corrected chi connectivity index (χ3v) is 5.77. The SMILES string of the molecule is CCCCCC1=C(C)[C-]=C([SiH2]c2cc(C)cc(C)c2)C1.[Cl-].[Cl-].[Cl-].[Ti+4]. The fourth-order valence-corrected chi connectivity index (χ4v) is 5.30. The maximum atomic E-state index is 3.68. The van der Waals surface area contributed by atoms with E-state index >= 15 is 0 Å². The summed E-state index contributed by atoms with van der Waals surface area (Å²) in [5.74, 6) is 0. The van der Waals surface area contributed by atoms with Crippen molar-refractivity contribution in [3.8, 4) is 0 Å². The van der Waals surface area contributed by atoms with Crippen LogP contribution in [-0.2, 0) is 21.7 Å². The van der Waals surface area contributed by atoms with Gasteiger partial charge in [0.25, 0.3) is 0 Å². The van der Waals surface area contributed by atoms with Crippen molar-refractivity contribution in [1.82, 2.24) is 0 Å². The van der Waals surface area contributed by atoms with E-state index in [1.165, 1.54) is 48.8 Å². The molecule has 0 aliphatic heterocycles. The van der Waals surface area contributed by atoms with Gasteiger partial charge in [0, 0.05) is 0 Å². The minimum Gasteiger partial charge on any atom is -1.00 e. The topological polar surface area (TPSA) is 0 Å². The van der Waals surface area contributed by atoms with E-state index in [0.717, 1.165) is 0 Å². The molecule has 1 aromatic rings. The number of allylic oxidation sites excluding steroid dienone is 4. The van der Waals surface area contributed by atoms with Gasteiger partial charge < -0.3 is 37.2 Å². The Balaban J connectivity index is -0.00000110. The van der Waals surface area contributed by atoms with E-state index in [-0.39, 0.29) is 68.5 Å².